The number of hydrogen-bond acceptors (Lipinski definition) is 9. The highest BCUT2D eigenvalue weighted by Gasteiger charge is 2.27. The van der Waals surface area contributed by atoms with Crippen LogP contribution in [0.15, 0.2) is 75.9 Å². The summed E-state index contributed by atoms with van der Waals surface area (Å²) in [6.07, 6.45) is -1.05. The second-order valence-corrected chi connectivity index (χ2v) is 8.24. The van der Waals surface area contributed by atoms with Gasteiger partial charge < -0.3 is 28.1 Å². The monoisotopic (exact) mass is 532 g/mol. The van der Waals surface area contributed by atoms with Crippen LogP contribution in [0.25, 0.3) is 22.1 Å². The molecule has 9 heteroatoms. The molecule has 0 bridgehead atoms. The van der Waals surface area contributed by atoms with Crippen LogP contribution < -0.4 is 19.6 Å². The van der Waals surface area contributed by atoms with Gasteiger partial charge in [-0.1, -0.05) is 36.4 Å². The normalized spacial score (nSPS) is 11.5. The molecular weight excluding hydrogens is 504 g/mol. The van der Waals surface area contributed by atoms with Crippen molar-refractivity contribution in [1.82, 2.24) is 0 Å². The van der Waals surface area contributed by atoms with Gasteiger partial charge in [0.05, 0.1) is 38.4 Å². The molecule has 9 nitrogen and oxygen atoms in total. The minimum atomic E-state index is -1.05. The van der Waals surface area contributed by atoms with E-state index in [-0.39, 0.29) is 41.3 Å². The van der Waals surface area contributed by atoms with Crippen molar-refractivity contribution in [3.05, 3.63) is 88.3 Å². The summed E-state index contributed by atoms with van der Waals surface area (Å²) in [5, 5.41) is 0.201. The first-order chi connectivity index (χ1) is 18.9. The van der Waals surface area contributed by atoms with Crippen molar-refractivity contribution in [1.29, 1.82) is 0 Å². The lowest BCUT2D eigenvalue weighted by atomic mass is 10.0. The van der Waals surface area contributed by atoms with E-state index in [1.807, 2.05) is 6.07 Å². The van der Waals surface area contributed by atoms with E-state index >= 15 is 0 Å². The van der Waals surface area contributed by atoms with Gasteiger partial charge in [0.1, 0.15) is 11.3 Å². The molecule has 39 heavy (non-hydrogen) atoms. The van der Waals surface area contributed by atoms with E-state index < -0.39 is 23.5 Å². The van der Waals surface area contributed by atoms with E-state index in [4.69, 9.17) is 28.1 Å². The smallest absolute Gasteiger partial charge is 0.375 e. The Balaban J connectivity index is 1.84. The van der Waals surface area contributed by atoms with Gasteiger partial charge in [-0.05, 0) is 43.7 Å². The molecule has 0 aliphatic heterocycles. The van der Waals surface area contributed by atoms with Gasteiger partial charge in [-0.15, -0.1) is 0 Å². The predicted octanol–water partition coefficient (Wildman–Crippen LogP) is 5.34. The van der Waals surface area contributed by atoms with Crippen LogP contribution in [0.4, 0.5) is 0 Å². The van der Waals surface area contributed by atoms with Gasteiger partial charge in [0, 0.05) is 11.6 Å². The number of rotatable bonds is 10. The SMILES string of the molecule is CCOC(=O)c1oc2cc(O[C@H](C(=O)OCC)c3ccccc3)ccc2c(=O)c1-c1ccc(OC)c(OC)c1. The number of carbonyl (C=O) groups is 2. The number of fused-ring (bicyclic) bond motifs is 1. The first kappa shape index (κ1) is 27.3. The third kappa shape index (κ3) is 5.72. The topological polar surface area (TPSA) is 111 Å². The fourth-order valence-electron chi connectivity index (χ4n) is 4.08. The van der Waals surface area contributed by atoms with Crippen LogP contribution >= 0.6 is 0 Å². The molecule has 0 aliphatic carbocycles. The molecule has 0 fully saturated rings. The molecule has 1 heterocycles. The maximum atomic E-state index is 13.7. The highest BCUT2D eigenvalue weighted by molar-refractivity contribution is 5.98. The predicted molar refractivity (Wildman–Crippen MR) is 143 cm³/mol. The Morgan fingerprint density at radius 3 is 2.23 bits per heavy atom. The lowest BCUT2D eigenvalue weighted by Gasteiger charge is -2.18. The molecule has 0 saturated carbocycles. The Hall–Kier alpha value is -4.79. The summed E-state index contributed by atoms with van der Waals surface area (Å²) < 4.78 is 33.0. The van der Waals surface area contributed by atoms with E-state index in [2.05, 4.69) is 0 Å². The van der Waals surface area contributed by atoms with E-state index in [0.29, 0.717) is 22.6 Å². The molecule has 0 N–H and O–H groups in total. The molecule has 0 spiro atoms. The fourth-order valence-corrected chi connectivity index (χ4v) is 4.08. The number of carbonyl (C=O) groups excluding carboxylic acids is 2. The maximum Gasteiger partial charge on any atom is 0.375 e. The Morgan fingerprint density at radius 1 is 0.846 bits per heavy atom. The summed E-state index contributed by atoms with van der Waals surface area (Å²) in [7, 11) is 2.97. The van der Waals surface area contributed by atoms with Crippen LogP contribution in [0, 0.1) is 0 Å². The standard InChI is InChI=1S/C30H28O9/c1-5-36-29(32)27(18-10-8-7-9-11-18)38-20-13-14-21-23(17-20)39-28(30(33)37-6-2)25(26(21)31)19-12-15-22(34-3)24(16-19)35-4/h7-17,27H,5-6H2,1-4H3/t27-/m0/s1. The summed E-state index contributed by atoms with van der Waals surface area (Å²) in [6.45, 7) is 3.61. The molecule has 3 aromatic carbocycles. The van der Waals surface area contributed by atoms with Gasteiger partial charge in [0.2, 0.25) is 17.3 Å². The zero-order valence-electron chi connectivity index (χ0n) is 22.0. The average Bonchev–Trinajstić information content (AvgIpc) is 2.96. The first-order valence-electron chi connectivity index (χ1n) is 12.3. The third-order valence-electron chi connectivity index (χ3n) is 5.85. The van der Waals surface area contributed by atoms with E-state index in [1.165, 1.54) is 26.4 Å². The summed E-state index contributed by atoms with van der Waals surface area (Å²) in [4.78, 5) is 39.3. The Labute approximate surface area is 224 Å². The van der Waals surface area contributed by atoms with E-state index in [1.54, 1.807) is 62.4 Å². The molecule has 0 saturated heterocycles. The molecule has 0 unspecified atom stereocenters. The molecular formula is C30H28O9. The number of benzene rings is 3. The Morgan fingerprint density at radius 2 is 1.56 bits per heavy atom. The van der Waals surface area contributed by atoms with Crippen LogP contribution in [0.3, 0.4) is 0 Å². The molecule has 1 aromatic heterocycles. The number of hydrogen-bond donors (Lipinski definition) is 0. The highest BCUT2D eigenvalue weighted by atomic mass is 16.6. The van der Waals surface area contributed by atoms with Gasteiger partial charge in [-0.25, -0.2) is 9.59 Å². The van der Waals surface area contributed by atoms with Crippen LogP contribution in [0.5, 0.6) is 17.2 Å². The summed E-state index contributed by atoms with van der Waals surface area (Å²) in [6, 6.07) is 18.2. The molecule has 0 amide bonds. The van der Waals surface area contributed by atoms with Gasteiger partial charge >= 0.3 is 11.9 Å². The van der Waals surface area contributed by atoms with Crippen molar-refractivity contribution in [2.45, 2.75) is 20.0 Å². The van der Waals surface area contributed by atoms with Crippen molar-refractivity contribution in [3.8, 4) is 28.4 Å². The van der Waals surface area contributed by atoms with Gasteiger partial charge in [-0.3, -0.25) is 4.79 Å². The molecule has 4 rings (SSSR count). The van der Waals surface area contributed by atoms with Crippen LogP contribution in [0.1, 0.15) is 36.1 Å². The number of ether oxygens (including phenoxy) is 5. The van der Waals surface area contributed by atoms with Gasteiger partial charge in [0.15, 0.2) is 11.5 Å². The largest absolute Gasteiger partial charge is 0.493 e. The second kappa shape index (κ2) is 12.2. The van der Waals surface area contributed by atoms with Crippen molar-refractivity contribution in [3.63, 3.8) is 0 Å². The zero-order chi connectivity index (χ0) is 27.9. The van der Waals surface area contributed by atoms with E-state index in [9.17, 15) is 14.4 Å². The Bertz CT molecular complexity index is 1540. The van der Waals surface area contributed by atoms with Crippen LogP contribution in [-0.4, -0.2) is 39.4 Å². The lowest BCUT2D eigenvalue weighted by Crippen LogP contribution is -2.21. The van der Waals surface area contributed by atoms with Crippen LogP contribution in [0.2, 0.25) is 0 Å². The molecule has 0 radical (unpaired) electrons. The maximum absolute atomic E-state index is 13.7. The second-order valence-electron chi connectivity index (χ2n) is 8.24. The van der Waals surface area contributed by atoms with Crippen molar-refractivity contribution < 1.29 is 37.7 Å². The zero-order valence-corrected chi connectivity index (χ0v) is 22.0. The minimum absolute atomic E-state index is 0.0178. The Kier molecular flexibility index (Phi) is 8.50. The number of methoxy groups -OCH3 is 2. The van der Waals surface area contributed by atoms with Gasteiger partial charge in [-0.2, -0.15) is 0 Å². The summed E-state index contributed by atoms with van der Waals surface area (Å²) in [5.74, 6) is -0.577. The van der Waals surface area contributed by atoms with Crippen molar-refractivity contribution >= 4 is 22.9 Å². The number of esters is 2. The van der Waals surface area contributed by atoms with Crippen molar-refractivity contribution in [2.75, 3.05) is 27.4 Å². The van der Waals surface area contributed by atoms with Gasteiger partial charge in [0.25, 0.3) is 0 Å². The molecule has 202 valence electrons. The fraction of sp³-hybridized carbons (Fsp3) is 0.233. The van der Waals surface area contributed by atoms with E-state index in [0.717, 1.165) is 0 Å². The lowest BCUT2D eigenvalue weighted by molar-refractivity contribution is -0.151. The van der Waals surface area contributed by atoms with Crippen molar-refractivity contribution in [2.24, 2.45) is 0 Å². The first-order valence-corrected chi connectivity index (χ1v) is 12.3. The highest BCUT2D eigenvalue weighted by Crippen LogP contribution is 2.34. The quantitative estimate of drug-likeness (QED) is 0.250. The average molecular weight is 533 g/mol. The molecule has 1 atom stereocenters. The molecule has 4 aromatic rings. The third-order valence-corrected chi connectivity index (χ3v) is 5.85. The minimum Gasteiger partial charge on any atom is -0.493 e. The summed E-state index contributed by atoms with van der Waals surface area (Å²) >= 11 is 0. The van der Waals surface area contributed by atoms with Crippen LogP contribution in [-0.2, 0) is 14.3 Å². The summed E-state index contributed by atoms with van der Waals surface area (Å²) in [5.41, 5.74) is 0.624. The molecule has 0 aliphatic rings.